The standard InChI is InChI=1S/C16H14ClNO5/c1-11-2-7-14(17)15(8-11)22-10-16(19)23-9-12-3-5-13(6-4-12)18(20)21/h2-8H,9-10H2,1H3. The first-order valence-electron chi connectivity index (χ1n) is 6.73. The van der Waals surface area contributed by atoms with Gasteiger partial charge in [-0.1, -0.05) is 17.7 Å². The van der Waals surface area contributed by atoms with Gasteiger partial charge in [-0.05, 0) is 42.3 Å². The maximum absolute atomic E-state index is 11.7. The normalized spacial score (nSPS) is 10.2. The molecule has 0 spiro atoms. The lowest BCUT2D eigenvalue weighted by Crippen LogP contribution is -2.15. The number of carbonyl (C=O) groups is 1. The lowest BCUT2D eigenvalue weighted by molar-refractivity contribution is -0.384. The van der Waals surface area contributed by atoms with Crippen LogP contribution in [0.4, 0.5) is 5.69 Å². The number of nitro groups is 1. The molecule has 0 unspecified atom stereocenters. The van der Waals surface area contributed by atoms with E-state index in [4.69, 9.17) is 21.1 Å². The fourth-order valence-corrected chi connectivity index (χ4v) is 1.95. The molecule has 7 heteroatoms. The van der Waals surface area contributed by atoms with E-state index < -0.39 is 10.9 Å². The van der Waals surface area contributed by atoms with Gasteiger partial charge in [-0.15, -0.1) is 0 Å². The maximum atomic E-state index is 11.7. The van der Waals surface area contributed by atoms with Crippen molar-refractivity contribution in [3.63, 3.8) is 0 Å². The lowest BCUT2D eigenvalue weighted by atomic mass is 10.2. The Balaban J connectivity index is 1.83. The second kappa shape index (κ2) is 7.60. The highest BCUT2D eigenvalue weighted by molar-refractivity contribution is 6.32. The topological polar surface area (TPSA) is 78.7 Å². The number of carbonyl (C=O) groups excluding carboxylic acids is 1. The van der Waals surface area contributed by atoms with E-state index in [1.165, 1.54) is 24.3 Å². The molecule has 0 aromatic heterocycles. The van der Waals surface area contributed by atoms with E-state index in [1.807, 2.05) is 13.0 Å². The summed E-state index contributed by atoms with van der Waals surface area (Å²) in [6.07, 6.45) is 0. The predicted octanol–water partition coefficient (Wildman–Crippen LogP) is 3.68. The van der Waals surface area contributed by atoms with Crippen LogP contribution in [0.5, 0.6) is 5.75 Å². The van der Waals surface area contributed by atoms with Crippen LogP contribution < -0.4 is 4.74 Å². The van der Waals surface area contributed by atoms with Gasteiger partial charge in [-0.2, -0.15) is 0 Å². The minimum absolute atomic E-state index is 0.0156. The Morgan fingerprint density at radius 2 is 1.91 bits per heavy atom. The van der Waals surface area contributed by atoms with Gasteiger partial charge in [0.05, 0.1) is 9.95 Å². The Morgan fingerprint density at radius 1 is 1.22 bits per heavy atom. The Kier molecular flexibility index (Phi) is 5.54. The van der Waals surface area contributed by atoms with Crippen molar-refractivity contribution in [3.8, 4) is 5.75 Å². The third-order valence-electron chi connectivity index (χ3n) is 2.98. The highest BCUT2D eigenvalue weighted by Gasteiger charge is 2.09. The molecule has 23 heavy (non-hydrogen) atoms. The molecule has 0 aliphatic rings. The lowest BCUT2D eigenvalue weighted by Gasteiger charge is -2.09. The third-order valence-corrected chi connectivity index (χ3v) is 3.29. The summed E-state index contributed by atoms with van der Waals surface area (Å²) < 4.78 is 10.4. The minimum atomic E-state index is -0.555. The molecule has 0 amide bonds. The molecule has 2 rings (SSSR count). The molecule has 2 aromatic carbocycles. The quantitative estimate of drug-likeness (QED) is 0.457. The minimum Gasteiger partial charge on any atom is -0.480 e. The Hall–Kier alpha value is -2.60. The van der Waals surface area contributed by atoms with Crippen molar-refractivity contribution in [2.75, 3.05) is 6.61 Å². The SMILES string of the molecule is Cc1ccc(Cl)c(OCC(=O)OCc2ccc([N+](=O)[O-])cc2)c1. The number of aryl methyl sites for hydroxylation is 1. The first kappa shape index (κ1) is 16.8. The zero-order chi connectivity index (χ0) is 16.8. The number of nitrogens with zero attached hydrogens (tertiary/aromatic N) is 1. The molecule has 0 N–H and O–H groups in total. The van der Waals surface area contributed by atoms with E-state index in [9.17, 15) is 14.9 Å². The molecule has 0 aliphatic heterocycles. The zero-order valence-electron chi connectivity index (χ0n) is 12.3. The number of ether oxygens (including phenoxy) is 2. The van der Waals surface area contributed by atoms with Crippen LogP contribution in [0.15, 0.2) is 42.5 Å². The molecule has 0 bridgehead atoms. The number of benzene rings is 2. The van der Waals surface area contributed by atoms with Crippen LogP contribution in [0, 0.1) is 17.0 Å². The largest absolute Gasteiger partial charge is 0.480 e. The average Bonchev–Trinajstić information content (AvgIpc) is 2.54. The molecule has 0 fully saturated rings. The van der Waals surface area contributed by atoms with E-state index in [-0.39, 0.29) is 18.9 Å². The Morgan fingerprint density at radius 3 is 2.57 bits per heavy atom. The van der Waals surface area contributed by atoms with Crippen molar-refractivity contribution in [1.82, 2.24) is 0 Å². The van der Waals surface area contributed by atoms with Crippen LogP contribution >= 0.6 is 11.6 Å². The second-order valence-corrected chi connectivity index (χ2v) is 5.21. The number of nitro benzene ring substituents is 1. The number of rotatable bonds is 6. The Bertz CT molecular complexity index is 715. The van der Waals surface area contributed by atoms with Crippen molar-refractivity contribution in [1.29, 1.82) is 0 Å². The van der Waals surface area contributed by atoms with Crippen LogP contribution in [0.2, 0.25) is 5.02 Å². The fraction of sp³-hybridized carbons (Fsp3) is 0.188. The molecule has 2 aromatic rings. The highest BCUT2D eigenvalue weighted by atomic mass is 35.5. The summed E-state index contributed by atoms with van der Waals surface area (Å²) in [7, 11) is 0. The van der Waals surface area contributed by atoms with E-state index in [1.54, 1.807) is 12.1 Å². The van der Waals surface area contributed by atoms with Crippen LogP contribution in [-0.2, 0) is 16.1 Å². The van der Waals surface area contributed by atoms with Gasteiger partial charge in [0.2, 0.25) is 0 Å². The van der Waals surface area contributed by atoms with Gasteiger partial charge in [0.1, 0.15) is 12.4 Å². The van der Waals surface area contributed by atoms with Gasteiger partial charge >= 0.3 is 5.97 Å². The van der Waals surface area contributed by atoms with E-state index in [0.717, 1.165) is 5.56 Å². The van der Waals surface area contributed by atoms with E-state index >= 15 is 0 Å². The number of hydrogen-bond acceptors (Lipinski definition) is 5. The summed E-state index contributed by atoms with van der Waals surface area (Å²) in [4.78, 5) is 21.7. The molecular formula is C16H14ClNO5. The molecule has 0 saturated carbocycles. The molecule has 0 radical (unpaired) electrons. The van der Waals surface area contributed by atoms with Crippen molar-refractivity contribution < 1.29 is 19.2 Å². The van der Waals surface area contributed by atoms with Crippen molar-refractivity contribution in [2.24, 2.45) is 0 Å². The average molecular weight is 336 g/mol. The second-order valence-electron chi connectivity index (χ2n) is 4.81. The maximum Gasteiger partial charge on any atom is 0.344 e. The summed E-state index contributed by atoms with van der Waals surface area (Å²) in [6, 6.07) is 11.0. The summed E-state index contributed by atoms with van der Waals surface area (Å²) in [5.74, 6) is -0.139. The summed E-state index contributed by atoms with van der Waals surface area (Å²) in [6.45, 7) is 1.63. The molecule has 0 heterocycles. The van der Waals surface area contributed by atoms with Gasteiger partial charge in [0, 0.05) is 12.1 Å². The van der Waals surface area contributed by atoms with Crippen LogP contribution in [0.25, 0.3) is 0 Å². The molecule has 120 valence electrons. The zero-order valence-corrected chi connectivity index (χ0v) is 13.1. The van der Waals surface area contributed by atoms with Gasteiger partial charge < -0.3 is 9.47 Å². The van der Waals surface area contributed by atoms with Crippen molar-refractivity contribution in [3.05, 3.63) is 68.7 Å². The summed E-state index contributed by atoms with van der Waals surface area (Å²) >= 11 is 5.96. The van der Waals surface area contributed by atoms with Crippen LogP contribution in [0.1, 0.15) is 11.1 Å². The van der Waals surface area contributed by atoms with Gasteiger partial charge in [-0.25, -0.2) is 4.79 Å². The number of halogens is 1. The van der Waals surface area contributed by atoms with Crippen LogP contribution in [0.3, 0.4) is 0 Å². The highest BCUT2D eigenvalue weighted by Crippen LogP contribution is 2.25. The number of esters is 1. The van der Waals surface area contributed by atoms with E-state index in [2.05, 4.69) is 0 Å². The Labute approximate surface area is 137 Å². The van der Waals surface area contributed by atoms with Crippen LogP contribution in [-0.4, -0.2) is 17.5 Å². The monoisotopic (exact) mass is 335 g/mol. The number of hydrogen-bond donors (Lipinski definition) is 0. The molecular weight excluding hydrogens is 322 g/mol. The van der Waals surface area contributed by atoms with E-state index in [0.29, 0.717) is 16.3 Å². The number of non-ortho nitro benzene ring substituents is 1. The van der Waals surface area contributed by atoms with Gasteiger partial charge in [0.15, 0.2) is 6.61 Å². The summed E-state index contributed by atoms with van der Waals surface area (Å²) in [5, 5.41) is 11.0. The fourth-order valence-electron chi connectivity index (χ4n) is 1.78. The molecule has 6 nitrogen and oxygen atoms in total. The van der Waals surface area contributed by atoms with Crippen molar-refractivity contribution >= 4 is 23.3 Å². The predicted molar refractivity (Wildman–Crippen MR) is 84.6 cm³/mol. The first-order chi connectivity index (χ1) is 11.0. The molecule has 0 atom stereocenters. The third kappa shape index (κ3) is 4.96. The van der Waals surface area contributed by atoms with Gasteiger partial charge in [-0.3, -0.25) is 10.1 Å². The van der Waals surface area contributed by atoms with Gasteiger partial charge in [0.25, 0.3) is 5.69 Å². The molecule has 0 saturated heterocycles. The van der Waals surface area contributed by atoms with Crippen molar-refractivity contribution in [2.45, 2.75) is 13.5 Å². The summed E-state index contributed by atoms with van der Waals surface area (Å²) in [5.41, 5.74) is 1.60. The smallest absolute Gasteiger partial charge is 0.344 e. The first-order valence-corrected chi connectivity index (χ1v) is 7.11. The molecule has 0 aliphatic carbocycles.